The van der Waals surface area contributed by atoms with Crippen molar-refractivity contribution in [1.82, 2.24) is 20.4 Å². The van der Waals surface area contributed by atoms with Gasteiger partial charge in [-0.25, -0.2) is 4.98 Å². The topological polar surface area (TPSA) is 118 Å². The van der Waals surface area contributed by atoms with Crippen LogP contribution in [-0.4, -0.2) is 57.6 Å². The minimum Gasteiger partial charge on any atom is -0.479 e. The van der Waals surface area contributed by atoms with Crippen LogP contribution in [-0.2, 0) is 15.1 Å². The van der Waals surface area contributed by atoms with Crippen LogP contribution in [0.5, 0.6) is 5.88 Å². The van der Waals surface area contributed by atoms with Gasteiger partial charge in [0.1, 0.15) is 11.5 Å². The number of benzene rings is 1. The van der Waals surface area contributed by atoms with Crippen LogP contribution in [0.25, 0.3) is 10.4 Å². The van der Waals surface area contributed by atoms with Crippen molar-refractivity contribution in [3.05, 3.63) is 64.6 Å². The Hall–Kier alpha value is -3.50. The van der Waals surface area contributed by atoms with E-state index >= 15 is 0 Å². The number of aliphatic hydroxyl groups is 1. The molecular formula is C28H32N4O5S. The molecular weight excluding hydrogens is 504 g/mol. The molecule has 4 atom stereocenters. The molecule has 2 aliphatic rings. The van der Waals surface area contributed by atoms with E-state index in [1.807, 2.05) is 57.5 Å². The molecule has 0 saturated carbocycles. The lowest BCUT2D eigenvalue weighted by Crippen LogP contribution is -2.46. The molecule has 0 aliphatic carbocycles. The van der Waals surface area contributed by atoms with Gasteiger partial charge in [-0.15, -0.1) is 11.3 Å². The number of nitrogens with zero attached hydrogens (tertiary/aromatic N) is 3. The lowest BCUT2D eigenvalue weighted by Gasteiger charge is -2.32. The molecule has 2 N–H and O–H groups in total. The number of hydrogen-bond acceptors (Lipinski definition) is 9. The highest BCUT2D eigenvalue weighted by Gasteiger charge is 2.47. The van der Waals surface area contributed by atoms with Crippen LogP contribution >= 0.6 is 11.3 Å². The molecule has 0 bridgehead atoms. The fourth-order valence-corrected chi connectivity index (χ4v) is 6.19. The monoisotopic (exact) mass is 536 g/mol. The highest BCUT2D eigenvalue weighted by molar-refractivity contribution is 7.13. The van der Waals surface area contributed by atoms with Crippen molar-refractivity contribution in [1.29, 1.82) is 0 Å². The van der Waals surface area contributed by atoms with Crippen molar-refractivity contribution in [3.8, 4) is 16.3 Å². The first-order chi connectivity index (χ1) is 18.1. The van der Waals surface area contributed by atoms with Crippen molar-refractivity contribution >= 4 is 23.0 Å². The van der Waals surface area contributed by atoms with Gasteiger partial charge in [-0.05, 0) is 36.0 Å². The molecule has 10 heteroatoms. The second-order valence-corrected chi connectivity index (χ2v) is 11.3. The Kier molecular flexibility index (Phi) is 6.87. The molecule has 2 aromatic heterocycles. The number of methoxy groups -OCH3 is 1. The molecule has 1 aromatic carbocycles. The molecule has 0 unspecified atom stereocenters. The SMILES string of the molecule is COc1cc([C@@H](C(=O)N2C[C@H](O)C[C@@H]2C2=CC(=O)[C@](C)(c3ccc(-c4scnc4C)cc3)N2)C(C)C)on1. The summed E-state index contributed by atoms with van der Waals surface area (Å²) in [6.45, 7) is 7.87. The number of thiazole rings is 1. The average molecular weight is 537 g/mol. The number of carbonyl (C=O) groups is 2. The number of nitrogens with one attached hydrogen (secondary N) is 1. The first-order valence-electron chi connectivity index (χ1n) is 12.7. The number of β-amino-alcohol motifs (C(OH)–C–C–N with tert-alkyl or cyclic N) is 1. The van der Waals surface area contributed by atoms with E-state index < -0.39 is 23.6 Å². The van der Waals surface area contributed by atoms with Crippen LogP contribution in [0.15, 0.2) is 52.1 Å². The van der Waals surface area contributed by atoms with Crippen LogP contribution < -0.4 is 10.1 Å². The maximum atomic E-state index is 13.8. The molecule has 3 aromatic rings. The third-order valence-electron chi connectivity index (χ3n) is 7.52. The van der Waals surface area contributed by atoms with Gasteiger partial charge in [0, 0.05) is 30.8 Å². The van der Waals surface area contributed by atoms with Crippen LogP contribution in [0.2, 0.25) is 0 Å². The molecule has 9 nitrogen and oxygen atoms in total. The fraction of sp³-hybridized carbons (Fsp3) is 0.429. The molecule has 5 rings (SSSR count). The summed E-state index contributed by atoms with van der Waals surface area (Å²) in [6, 6.07) is 9.07. The van der Waals surface area contributed by atoms with Crippen molar-refractivity contribution in [3.63, 3.8) is 0 Å². The van der Waals surface area contributed by atoms with Gasteiger partial charge in [-0.1, -0.05) is 38.1 Å². The van der Waals surface area contributed by atoms with Gasteiger partial charge in [0.05, 0.1) is 35.3 Å². The Labute approximate surface area is 225 Å². The van der Waals surface area contributed by atoms with Crippen molar-refractivity contribution in [2.24, 2.45) is 5.92 Å². The minimum absolute atomic E-state index is 0.0864. The van der Waals surface area contributed by atoms with Crippen LogP contribution in [0.3, 0.4) is 0 Å². The second kappa shape index (κ2) is 9.99. The van der Waals surface area contributed by atoms with Gasteiger partial charge in [0.2, 0.25) is 5.91 Å². The Morgan fingerprint density at radius 2 is 2.05 bits per heavy atom. The van der Waals surface area contributed by atoms with Crippen LogP contribution in [0.1, 0.15) is 50.1 Å². The number of ketones is 1. The molecule has 200 valence electrons. The van der Waals surface area contributed by atoms with E-state index in [1.165, 1.54) is 7.11 Å². The molecule has 4 heterocycles. The number of aryl methyl sites for hydroxylation is 1. The zero-order chi connectivity index (χ0) is 27.2. The number of likely N-dealkylation sites (tertiary alicyclic amines) is 1. The van der Waals surface area contributed by atoms with Gasteiger partial charge >= 0.3 is 0 Å². The zero-order valence-corrected chi connectivity index (χ0v) is 22.9. The van der Waals surface area contributed by atoms with Gasteiger partial charge < -0.3 is 24.6 Å². The highest BCUT2D eigenvalue weighted by atomic mass is 32.1. The minimum atomic E-state index is -0.978. The summed E-state index contributed by atoms with van der Waals surface area (Å²) >= 11 is 1.58. The summed E-state index contributed by atoms with van der Waals surface area (Å²) in [7, 11) is 1.49. The highest BCUT2D eigenvalue weighted by Crippen LogP contribution is 2.38. The molecule has 2 aliphatic heterocycles. The van der Waals surface area contributed by atoms with E-state index in [0.717, 1.165) is 21.7 Å². The molecule has 0 spiro atoms. The maximum Gasteiger partial charge on any atom is 0.254 e. The third kappa shape index (κ3) is 4.52. The zero-order valence-electron chi connectivity index (χ0n) is 22.1. The van der Waals surface area contributed by atoms with Gasteiger partial charge in [0.25, 0.3) is 5.88 Å². The second-order valence-electron chi connectivity index (χ2n) is 10.4. The number of ether oxygens (including phenoxy) is 1. The van der Waals surface area contributed by atoms with Gasteiger partial charge in [-0.2, -0.15) is 0 Å². The summed E-state index contributed by atoms with van der Waals surface area (Å²) in [4.78, 5) is 34.2. The number of aliphatic hydroxyl groups excluding tert-OH is 1. The third-order valence-corrected chi connectivity index (χ3v) is 8.50. The fourth-order valence-electron chi connectivity index (χ4n) is 5.38. The molecule has 0 radical (unpaired) electrons. The van der Waals surface area contributed by atoms with E-state index in [0.29, 0.717) is 23.8 Å². The van der Waals surface area contributed by atoms with Gasteiger partial charge in [-0.3, -0.25) is 9.59 Å². The number of hydrogen-bond donors (Lipinski definition) is 2. The number of amides is 1. The largest absolute Gasteiger partial charge is 0.479 e. The quantitative estimate of drug-likeness (QED) is 0.468. The van der Waals surface area contributed by atoms with Crippen LogP contribution in [0.4, 0.5) is 0 Å². The predicted octanol–water partition coefficient (Wildman–Crippen LogP) is 3.79. The summed E-state index contributed by atoms with van der Waals surface area (Å²) in [6.07, 6.45) is 1.21. The van der Waals surface area contributed by atoms with Crippen molar-refractivity contribution in [2.75, 3.05) is 13.7 Å². The molecule has 1 saturated heterocycles. The molecule has 1 fully saturated rings. The summed E-state index contributed by atoms with van der Waals surface area (Å²) in [5, 5.41) is 17.8. The Morgan fingerprint density at radius 1 is 1.32 bits per heavy atom. The Balaban J connectivity index is 1.39. The van der Waals surface area contributed by atoms with E-state index in [-0.39, 0.29) is 24.2 Å². The number of carbonyl (C=O) groups excluding carboxylic acids is 2. The molecule has 38 heavy (non-hydrogen) atoms. The number of rotatable bonds is 7. The first kappa shape index (κ1) is 26.1. The summed E-state index contributed by atoms with van der Waals surface area (Å²) < 4.78 is 10.6. The van der Waals surface area contributed by atoms with E-state index in [9.17, 15) is 14.7 Å². The lowest BCUT2D eigenvalue weighted by atomic mass is 9.89. The maximum absolute atomic E-state index is 13.8. The van der Waals surface area contributed by atoms with E-state index in [4.69, 9.17) is 9.26 Å². The normalized spacial score (nSPS) is 24.0. The smallest absolute Gasteiger partial charge is 0.254 e. The summed E-state index contributed by atoms with van der Waals surface area (Å²) in [5.41, 5.74) is 4.32. The first-order valence-corrected chi connectivity index (χ1v) is 13.5. The van der Waals surface area contributed by atoms with Crippen LogP contribution in [0, 0.1) is 12.8 Å². The standard InChI is InChI=1S/C28H32N4O5S/c1-15(2)25(22-12-24(36-5)31-37-22)27(35)32-13-19(33)10-21(32)20-11-23(34)28(4,30-20)18-8-6-17(7-9-18)26-16(3)29-14-38-26/h6-9,11-12,14-15,19,21,25,30,33H,10,13H2,1-5H3/t19-,21-,25+,28+/m1/s1. The molecule has 1 amide bonds. The van der Waals surface area contributed by atoms with E-state index in [1.54, 1.807) is 28.4 Å². The number of aromatic nitrogens is 2. The Bertz CT molecular complexity index is 1380. The van der Waals surface area contributed by atoms with Gasteiger partial charge in [0.15, 0.2) is 11.5 Å². The predicted molar refractivity (Wildman–Crippen MR) is 143 cm³/mol. The Morgan fingerprint density at radius 3 is 2.66 bits per heavy atom. The average Bonchev–Trinajstić information content (AvgIpc) is 3.67. The summed E-state index contributed by atoms with van der Waals surface area (Å²) in [5.74, 6) is -0.262. The lowest BCUT2D eigenvalue weighted by molar-refractivity contribution is -0.135. The van der Waals surface area contributed by atoms with E-state index in [2.05, 4.69) is 15.5 Å². The van der Waals surface area contributed by atoms with Crippen molar-refractivity contribution < 1.29 is 24.0 Å². The van der Waals surface area contributed by atoms with Crippen molar-refractivity contribution in [2.45, 2.75) is 57.7 Å².